The maximum absolute atomic E-state index is 13.9. The predicted octanol–water partition coefficient (Wildman–Crippen LogP) is 3.80. The standard InChI is InChI=1S/C18H15FN2O2/c1-3-23-18(22)12-5-7-15-16(9-12)21(10(2)20-15)17-11-4-6-13(17)14(19)8-11/h4-9,17H,3H2,1-2H3. The zero-order valence-corrected chi connectivity index (χ0v) is 12.8. The quantitative estimate of drug-likeness (QED) is 0.810. The molecule has 1 atom stereocenters. The molecule has 1 heterocycles. The van der Waals surface area contributed by atoms with Crippen molar-refractivity contribution in [2.45, 2.75) is 19.9 Å². The summed E-state index contributed by atoms with van der Waals surface area (Å²) in [6, 6.07) is 5.08. The van der Waals surface area contributed by atoms with Gasteiger partial charge in [-0.05, 0) is 43.7 Å². The van der Waals surface area contributed by atoms with E-state index in [0.717, 1.165) is 22.4 Å². The van der Waals surface area contributed by atoms with Crippen LogP contribution in [0.2, 0.25) is 0 Å². The van der Waals surface area contributed by atoms with Crippen molar-refractivity contribution in [2.75, 3.05) is 6.61 Å². The van der Waals surface area contributed by atoms with E-state index in [2.05, 4.69) is 4.98 Å². The molecule has 2 aliphatic rings. The Balaban J connectivity index is 1.87. The minimum Gasteiger partial charge on any atom is -0.462 e. The average Bonchev–Trinajstić information content (AvgIpc) is 3.15. The predicted molar refractivity (Wildman–Crippen MR) is 84.8 cm³/mol. The van der Waals surface area contributed by atoms with Crippen LogP contribution in [0, 0.1) is 6.92 Å². The molecular formula is C18H15FN2O2. The lowest BCUT2D eigenvalue weighted by Crippen LogP contribution is -2.10. The molecule has 0 saturated heterocycles. The lowest BCUT2D eigenvalue weighted by atomic mass is 10.1. The van der Waals surface area contributed by atoms with Crippen molar-refractivity contribution >= 4 is 17.0 Å². The second kappa shape index (κ2) is 4.91. The average molecular weight is 310 g/mol. The summed E-state index contributed by atoms with van der Waals surface area (Å²) in [5, 5.41) is 0. The summed E-state index contributed by atoms with van der Waals surface area (Å²) in [5.74, 6) is 0.222. The van der Waals surface area contributed by atoms with Crippen LogP contribution in [0.3, 0.4) is 0 Å². The van der Waals surface area contributed by atoms with Gasteiger partial charge in [0.15, 0.2) is 0 Å². The number of allylic oxidation sites excluding steroid dienone is 6. The Labute approximate surface area is 132 Å². The highest BCUT2D eigenvalue weighted by Gasteiger charge is 2.33. The van der Waals surface area contributed by atoms with Crippen molar-refractivity contribution in [2.24, 2.45) is 0 Å². The van der Waals surface area contributed by atoms with Gasteiger partial charge in [0.25, 0.3) is 0 Å². The van der Waals surface area contributed by atoms with Crippen LogP contribution in [0.1, 0.15) is 29.1 Å². The van der Waals surface area contributed by atoms with Gasteiger partial charge in [-0.2, -0.15) is 0 Å². The number of benzene rings is 1. The van der Waals surface area contributed by atoms with E-state index in [1.165, 1.54) is 0 Å². The molecule has 0 spiro atoms. The Kier molecular flexibility index (Phi) is 2.98. The summed E-state index contributed by atoms with van der Waals surface area (Å²) in [7, 11) is 0. The molecule has 5 heteroatoms. The molecular weight excluding hydrogens is 295 g/mol. The third-order valence-corrected chi connectivity index (χ3v) is 4.27. The number of carbonyl (C=O) groups is 1. The van der Waals surface area contributed by atoms with E-state index in [-0.39, 0.29) is 17.8 Å². The second-order valence-corrected chi connectivity index (χ2v) is 5.64. The van der Waals surface area contributed by atoms with E-state index in [1.54, 1.807) is 37.3 Å². The van der Waals surface area contributed by atoms with Gasteiger partial charge in [0.2, 0.25) is 0 Å². The molecule has 116 valence electrons. The molecule has 4 nitrogen and oxygen atoms in total. The zero-order chi connectivity index (χ0) is 16.1. The van der Waals surface area contributed by atoms with Crippen LogP contribution in [0.5, 0.6) is 0 Å². The highest BCUT2D eigenvalue weighted by atomic mass is 19.1. The third-order valence-electron chi connectivity index (χ3n) is 4.27. The van der Waals surface area contributed by atoms with Crippen LogP contribution >= 0.6 is 0 Å². The van der Waals surface area contributed by atoms with E-state index in [4.69, 9.17) is 4.74 Å². The number of carbonyl (C=O) groups excluding carboxylic acids is 1. The van der Waals surface area contributed by atoms with Crippen molar-refractivity contribution in [1.29, 1.82) is 0 Å². The highest BCUT2D eigenvalue weighted by Crippen LogP contribution is 2.44. The van der Waals surface area contributed by atoms with Gasteiger partial charge in [-0.15, -0.1) is 0 Å². The largest absolute Gasteiger partial charge is 0.462 e. The minimum atomic E-state index is -0.364. The van der Waals surface area contributed by atoms with Gasteiger partial charge in [-0.25, -0.2) is 14.2 Å². The van der Waals surface area contributed by atoms with E-state index in [0.29, 0.717) is 17.7 Å². The molecule has 1 unspecified atom stereocenters. The number of nitrogens with zero attached hydrogens (tertiary/aromatic N) is 2. The fraction of sp³-hybridized carbons (Fsp3) is 0.222. The number of fused-ring (bicyclic) bond motifs is 3. The van der Waals surface area contributed by atoms with E-state index in [1.807, 2.05) is 17.6 Å². The molecule has 0 N–H and O–H groups in total. The van der Waals surface area contributed by atoms with E-state index < -0.39 is 0 Å². The Hall–Kier alpha value is -2.69. The molecule has 1 aromatic heterocycles. The Morgan fingerprint density at radius 1 is 1.39 bits per heavy atom. The number of ether oxygens (including phenoxy) is 1. The first-order valence-electron chi connectivity index (χ1n) is 7.55. The summed E-state index contributed by atoms with van der Waals surface area (Å²) >= 11 is 0. The number of hydrogen-bond donors (Lipinski definition) is 0. The molecule has 2 aliphatic carbocycles. The van der Waals surface area contributed by atoms with Crippen molar-refractivity contribution in [1.82, 2.24) is 9.55 Å². The topological polar surface area (TPSA) is 44.1 Å². The maximum atomic E-state index is 13.9. The lowest BCUT2D eigenvalue weighted by molar-refractivity contribution is 0.0526. The van der Waals surface area contributed by atoms with Crippen molar-refractivity contribution in [3.05, 3.63) is 64.8 Å². The number of rotatable bonds is 3. The molecule has 0 amide bonds. The smallest absolute Gasteiger partial charge is 0.338 e. The van der Waals surface area contributed by atoms with Crippen molar-refractivity contribution < 1.29 is 13.9 Å². The van der Waals surface area contributed by atoms with Gasteiger partial charge < -0.3 is 9.30 Å². The summed E-state index contributed by atoms with van der Waals surface area (Å²) in [5.41, 5.74) is 3.61. The SMILES string of the molecule is CCOC(=O)c1ccc2nc(C)n(C3C4=CC(F)=C3C=C4)c2c1. The van der Waals surface area contributed by atoms with Crippen LogP contribution in [0.25, 0.3) is 11.0 Å². The first-order chi connectivity index (χ1) is 11.1. The number of aryl methyl sites for hydroxylation is 1. The summed E-state index contributed by atoms with van der Waals surface area (Å²) < 4.78 is 21.0. The molecule has 0 aliphatic heterocycles. The minimum absolute atomic E-state index is 0.197. The maximum Gasteiger partial charge on any atom is 0.338 e. The monoisotopic (exact) mass is 310 g/mol. The number of hydrogen-bond acceptors (Lipinski definition) is 3. The first kappa shape index (κ1) is 13.9. The highest BCUT2D eigenvalue weighted by molar-refractivity contribution is 5.94. The van der Waals surface area contributed by atoms with Gasteiger partial charge in [-0.3, -0.25) is 0 Å². The molecule has 0 saturated carbocycles. The van der Waals surface area contributed by atoms with Gasteiger partial charge in [0.1, 0.15) is 11.7 Å². The number of aromatic nitrogens is 2. The third kappa shape index (κ3) is 1.96. The Bertz CT molecular complexity index is 934. The molecule has 2 bridgehead atoms. The van der Waals surface area contributed by atoms with Gasteiger partial charge in [0.05, 0.1) is 29.2 Å². The molecule has 2 aromatic rings. The van der Waals surface area contributed by atoms with Gasteiger partial charge in [0, 0.05) is 5.57 Å². The van der Waals surface area contributed by atoms with Crippen LogP contribution in [0.15, 0.2) is 53.4 Å². The second-order valence-electron chi connectivity index (χ2n) is 5.64. The summed E-state index contributed by atoms with van der Waals surface area (Å²) in [4.78, 5) is 16.5. The van der Waals surface area contributed by atoms with E-state index in [9.17, 15) is 9.18 Å². The molecule has 1 aromatic carbocycles. The van der Waals surface area contributed by atoms with Crippen molar-refractivity contribution in [3.8, 4) is 0 Å². The van der Waals surface area contributed by atoms with Crippen LogP contribution in [-0.2, 0) is 4.74 Å². The molecule has 4 rings (SSSR count). The Morgan fingerprint density at radius 2 is 2.22 bits per heavy atom. The molecule has 0 fully saturated rings. The van der Waals surface area contributed by atoms with Crippen molar-refractivity contribution in [3.63, 3.8) is 0 Å². The van der Waals surface area contributed by atoms with E-state index >= 15 is 0 Å². The zero-order valence-electron chi connectivity index (χ0n) is 12.8. The number of imidazole rings is 1. The Morgan fingerprint density at radius 3 is 2.87 bits per heavy atom. The van der Waals surface area contributed by atoms with Crippen LogP contribution in [-0.4, -0.2) is 22.1 Å². The normalized spacial score (nSPS) is 18.9. The summed E-state index contributed by atoms with van der Waals surface area (Å²) in [6.07, 6.45) is 5.28. The van der Waals surface area contributed by atoms with Crippen LogP contribution in [0.4, 0.5) is 4.39 Å². The fourth-order valence-corrected chi connectivity index (χ4v) is 3.28. The van der Waals surface area contributed by atoms with Gasteiger partial charge >= 0.3 is 5.97 Å². The molecule has 0 radical (unpaired) electrons. The first-order valence-corrected chi connectivity index (χ1v) is 7.55. The van der Waals surface area contributed by atoms with Crippen LogP contribution < -0.4 is 0 Å². The lowest BCUT2D eigenvalue weighted by Gasteiger charge is -2.16. The number of esters is 1. The fourth-order valence-electron chi connectivity index (χ4n) is 3.28. The van der Waals surface area contributed by atoms with Gasteiger partial charge in [-0.1, -0.05) is 12.2 Å². The number of halogens is 1. The molecule has 23 heavy (non-hydrogen) atoms. The summed E-state index contributed by atoms with van der Waals surface area (Å²) in [6.45, 7) is 3.99.